The van der Waals surface area contributed by atoms with Crippen molar-refractivity contribution in [3.8, 4) is 0 Å². The second-order valence-corrected chi connectivity index (χ2v) is 2.37. The van der Waals surface area contributed by atoms with E-state index in [1.807, 2.05) is 0 Å². The molecule has 0 fully saturated rings. The van der Waals surface area contributed by atoms with Crippen molar-refractivity contribution in [1.29, 1.82) is 0 Å². The first kappa shape index (κ1) is 8.83. The normalized spacial score (nSPS) is 10.8. The minimum atomic E-state index is -2.76. The van der Waals surface area contributed by atoms with Gasteiger partial charge in [-0.1, -0.05) is 0 Å². The molecule has 1 aromatic heterocycles. The number of anilines is 1. The fourth-order valence-electron chi connectivity index (χ4n) is 0.846. The lowest BCUT2D eigenvalue weighted by atomic mass is 10.2. The number of hydrogen-bond donors (Lipinski definition) is 1. The van der Waals surface area contributed by atoms with Gasteiger partial charge in [0.1, 0.15) is 5.69 Å². The first-order chi connectivity index (χ1) is 5.52. The number of aryl methyl sites for hydroxylation is 1. The molecule has 66 valence electrons. The summed E-state index contributed by atoms with van der Waals surface area (Å²) in [5.74, 6) is -1.05. The Morgan fingerprint density at radius 1 is 1.50 bits per heavy atom. The Hall–Kier alpha value is -1.26. The molecule has 12 heavy (non-hydrogen) atoms. The summed E-state index contributed by atoms with van der Waals surface area (Å²) in [7, 11) is 0. The van der Waals surface area contributed by atoms with E-state index in [0.717, 1.165) is 6.07 Å². The molecule has 2 nitrogen and oxygen atoms in total. The third-order valence-corrected chi connectivity index (χ3v) is 1.44. The van der Waals surface area contributed by atoms with Gasteiger partial charge in [0.2, 0.25) is 5.95 Å². The molecule has 0 radical (unpaired) electrons. The van der Waals surface area contributed by atoms with E-state index in [1.54, 1.807) is 0 Å². The van der Waals surface area contributed by atoms with Crippen LogP contribution in [0.15, 0.2) is 6.07 Å². The first-order valence-electron chi connectivity index (χ1n) is 3.23. The van der Waals surface area contributed by atoms with Gasteiger partial charge < -0.3 is 5.73 Å². The molecule has 1 aromatic rings. The molecule has 0 aliphatic heterocycles. The van der Waals surface area contributed by atoms with E-state index in [0.29, 0.717) is 0 Å². The van der Waals surface area contributed by atoms with Crippen LogP contribution >= 0.6 is 0 Å². The third kappa shape index (κ3) is 1.49. The molecule has 0 aromatic carbocycles. The fourth-order valence-corrected chi connectivity index (χ4v) is 0.846. The highest BCUT2D eigenvalue weighted by Crippen LogP contribution is 2.22. The SMILES string of the molecule is Cc1cc(N)c(F)nc1C(F)F. The Kier molecular flexibility index (Phi) is 2.21. The van der Waals surface area contributed by atoms with E-state index in [-0.39, 0.29) is 11.3 Å². The van der Waals surface area contributed by atoms with Gasteiger partial charge in [-0.15, -0.1) is 0 Å². The molecule has 2 N–H and O–H groups in total. The molecule has 0 amide bonds. The van der Waals surface area contributed by atoms with Crippen LogP contribution in [0.3, 0.4) is 0 Å². The van der Waals surface area contributed by atoms with Crippen molar-refractivity contribution < 1.29 is 13.2 Å². The van der Waals surface area contributed by atoms with Gasteiger partial charge in [-0.05, 0) is 18.6 Å². The van der Waals surface area contributed by atoms with Crippen LogP contribution < -0.4 is 5.73 Å². The summed E-state index contributed by atoms with van der Waals surface area (Å²) in [5, 5.41) is 0. The van der Waals surface area contributed by atoms with Crippen molar-refractivity contribution in [2.24, 2.45) is 0 Å². The molecular formula is C7H7F3N2. The molecule has 1 rings (SSSR count). The predicted molar refractivity (Wildman–Crippen MR) is 38.3 cm³/mol. The van der Waals surface area contributed by atoms with E-state index in [4.69, 9.17) is 5.73 Å². The lowest BCUT2D eigenvalue weighted by Crippen LogP contribution is -2.01. The third-order valence-electron chi connectivity index (χ3n) is 1.44. The molecule has 0 aliphatic rings. The van der Waals surface area contributed by atoms with Gasteiger partial charge in [0.05, 0.1) is 5.69 Å². The number of nitrogen functional groups attached to an aromatic ring is 1. The first-order valence-corrected chi connectivity index (χ1v) is 3.23. The number of halogens is 3. The van der Waals surface area contributed by atoms with E-state index in [1.165, 1.54) is 6.92 Å². The molecular weight excluding hydrogens is 169 g/mol. The topological polar surface area (TPSA) is 38.9 Å². The molecule has 1 heterocycles. The molecule has 0 saturated heterocycles. The van der Waals surface area contributed by atoms with Crippen molar-refractivity contribution in [2.75, 3.05) is 5.73 Å². The zero-order chi connectivity index (χ0) is 9.30. The Balaban J connectivity index is 3.23. The average Bonchev–Trinajstić information content (AvgIpc) is 1.96. The minimum Gasteiger partial charge on any atom is -0.395 e. The van der Waals surface area contributed by atoms with Crippen LogP contribution in [-0.2, 0) is 0 Å². The standard InChI is InChI=1S/C7H7F3N2/c1-3-2-4(11)7(10)12-5(3)6(8)9/h2,6H,11H2,1H3. The average molecular weight is 176 g/mol. The van der Waals surface area contributed by atoms with Crippen LogP contribution in [0, 0.1) is 12.9 Å². The van der Waals surface area contributed by atoms with Gasteiger partial charge in [-0.2, -0.15) is 4.39 Å². The molecule has 0 saturated carbocycles. The number of nitrogens with zero attached hydrogens (tertiary/aromatic N) is 1. The maximum atomic E-state index is 12.6. The summed E-state index contributed by atoms with van der Waals surface area (Å²) in [6.07, 6.45) is -2.76. The summed E-state index contributed by atoms with van der Waals surface area (Å²) in [4.78, 5) is 3.03. The van der Waals surface area contributed by atoms with Crippen molar-refractivity contribution in [1.82, 2.24) is 4.98 Å². The molecule has 5 heteroatoms. The predicted octanol–water partition coefficient (Wildman–Crippen LogP) is 2.05. The highest BCUT2D eigenvalue weighted by molar-refractivity contribution is 5.41. The van der Waals surface area contributed by atoms with Crippen molar-refractivity contribution in [2.45, 2.75) is 13.3 Å². The summed E-state index contributed by atoms with van der Waals surface area (Å²) in [5.41, 5.74) is 4.54. The summed E-state index contributed by atoms with van der Waals surface area (Å²) < 4.78 is 36.7. The lowest BCUT2D eigenvalue weighted by molar-refractivity contribution is 0.144. The van der Waals surface area contributed by atoms with Crippen molar-refractivity contribution >= 4 is 5.69 Å². The molecule has 0 atom stereocenters. The summed E-state index contributed by atoms with van der Waals surface area (Å²) in [6, 6.07) is 1.14. The van der Waals surface area contributed by atoms with E-state index in [2.05, 4.69) is 4.98 Å². The second kappa shape index (κ2) is 3.00. The number of hydrogen-bond acceptors (Lipinski definition) is 2. The monoisotopic (exact) mass is 176 g/mol. The maximum absolute atomic E-state index is 12.6. The number of nitrogens with two attached hydrogens (primary N) is 1. The van der Waals surface area contributed by atoms with E-state index < -0.39 is 18.1 Å². The number of pyridine rings is 1. The Morgan fingerprint density at radius 2 is 2.08 bits per heavy atom. The molecule has 0 bridgehead atoms. The largest absolute Gasteiger partial charge is 0.395 e. The van der Waals surface area contributed by atoms with E-state index >= 15 is 0 Å². The second-order valence-electron chi connectivity index (χ2n) is 2.37. The highest BCUT2D eigenvalue weighted by Gasteiger charge is 2.14. The fraction of sp³-hybridized carbons (Fsp3) is 0.286. The van der Waals surface area contributed by atoms with Gasteiger partial charge in [-0.3, -0.25) is 0 Å². The zero-order valence-electron chi connectivity index (χ0n) is 6.31. The summed E-state index contributed by atoms with van der Waals surface area (Å²) in [6.45, 7) is 1.41. The van der Waals surface area contributed by atoms with Crippen molar-refractivity contribution in [3.63, 3.8) is 0 Å². The maximum Gasteiger partial charge on any atom is 0.280 e. The Morgan fingerprint density at radius 3 is 2.58 bits per heavy atom. The molecule has 0 spiro atoms. The van der Waals surface area contributed by atoms with Crippen LogP contribution in [-0.4, -0.2) is 4.98 Å². The van der Waals surface area contributed by atoms with Crippen LogP contribution in [0.2, 0.25) is 0 Å². The molecule has 0 aliphatic carbocycles. The van der Waals surface area contributed by atoms with Crippen LogP contribution in [0.4, 0.5) is 18.9 Å². The Labute approximate surface area is 67.2 Å². The van der Waals surface area contributed by atoms with Crippen molar-refractivity contribution in [3.05, 3.63) is 23.3 Å². The summed E-state index contributed by atoms with van der Waals surface area (Å²) >= 11 is 0. The van der Waals surface area contributed by atoms with Gasteiger partial charge in [0.25, 0.3) is 6.43 Å². The van der Waals surface area contributed by atoms with Gasteiger partial charge in [0, 0.05) is 0 Å². The lowest BCUT2D eigenvalue weighted by Gasteiger charge is -2.04. The van der Waals surface area contributed by atoms with Crippen LogP contribution in [0.5, 0.6) is 0 Å². The van der Waals surface area contributed by atoms with Crippen LogP contribution in [0.1, 0.15) is 17.7 Å². The van der Waals surface area contributed by atoms with E-state index in [9.17, 15) is 13.2 Å². The van der Waals surface area contributed by atoms with Gasteiger partial charge >= 0.3 is 0 Å². The smallest absolute Gasteiger partial charge is 0.280 e. The highest BCUT2D eigenvalue weighted by atomic mass is 19.3. The molecule has 0 unspecified atom stereocenters. The number of rotatable bonds is 1. The number of aromatic nitrogens is 1. The number of alkyl halides is 2. The zero-order valence-corrected chi connectivity index (χ0v) is 6.31. The quantitative estimate of drug-likeness (QED) is 0.665. The minimum absolute atomic E-state index is 0.198. The van der Waals surface area contributed by atoms with Gasteiger partial charge in [0.15, 0.2) is 0 Å². The Bertz CT molecular complexity index is 299. The van der Waals surface area contributed by atoms with Crippen LogP contribution in [0.25, 0.3) is 0 Å². The van der Waals surface area contributed by atoms with Gasteiger partial charge in [-0.25, -0.2) is 13.8 Å².